The van der Waals surface area contributed by atoms with Crippen LogP contribution in [0, 0.1) is 6.92 Å². The number of aliphatic hydroxyl groups excluding tert-OH is 1. The van der Waals surface area contributed by atoms with Gasteiger partial charge < -0.3 is 20.3 Å². The van der Waals surface area contributed by atoms with Crippen LogP contribution in [0.4, 0.5) is 11.5 Å². The summed E-state index contributed by atoms with van der Waals surface area (Å²) in [5.74, 6) is 1.05. The van der Waals surface area contributed by atoms with E-state index in [0.29, 0.717) is 28.6 Å². The number of aryl methyl sites for hydroxylation is 1. The first-order chi connectivity index (χ1) is 13.0. The van der Waals surface area contributed by atoms with E-state index in [9.17, 15) is 4.79 Å². The second kappa shape index (κ2) is 8.20. The van der Waals surface area contributed by atoms with E-state index in [1.54, 1.807) is 36.5 Å². The molecule has 7 nitrogen and oxygen atoms in total. The molecule has 3 N–H and O–H groups in total. The van der Waals surface area contributed by atoms with Crippen LogP contribution < -0.4 is 10.6 Å². The smallest absolute Gasteiger partial charge is 0.257 e. The minimum Gasteiger partial charge on any atom is -0.395 e. The third-order valence-corrected chi connectivity index (χ3v) is 4.46. The third-order valence-electron chi connectivity index (χ3n) is 4.13. The second-order valence-electron chi connectivity index (χ2n) is 6.01. The second-order valence-corrected chi connectivity index (χ2v) is 6.42. The number of halogens is 1. The maximum Gasteiger partial charge on any atom is 0.257 e. The van der Waals surface area contributed by atoms with Crippen molar-refractivity contribution in [1.82, 2.24) is 14.5 Å². The average molecular weight is 386 g/mol. The number of aliphatic hydroxyl groups is 1. The van der Waals surface area contributed by atoms with E-state index in [-0.39, 0.29) is 12.5 Å². The molecule has 3 rings (SSSR count). The van der Waals surface area contributed by atoms with E-state index >= 15 is 0 Å². The molecule has 1 amide bonds. The van der Waals surface area contributed by atoms with Gasteiger partial charge in [0, 0.05) is 42.9 Å². The molecule has 0 aliphatic rings. The Hall–Kier alpha value is -2.90. The molecule has 0 fully saturated rings. The summed E-state index contributed by atoms with van der Waals surface area (Å²) < 4.78 is 1.94. The summed E-state index contributed by atoms with van der Waals surface area (Å²) in [5.41, 5.74) is 2.79. The number of hydrogen-bond acceptors (Lipinski definition) is 5. The Balaban J connectivity index is 1.78. The van der Waals surface area contributed by atoms with Crippen molar-refractivity contribution in [2.75, 3.05) is 23.8 Å². The molecule has 0 bridgehead atoms. The zero-order chi connectivity index (χ0) is 19.4. The standard InChI is InChI=1S/C19H20ClN5O2/c1-12-10-23-18(25(12)2)15-9-14(4-5-16(15)20)24-19(27)13-3-6-17(22-11-13)21-7-8-26/h3-6,9-11,26H,7-8H2,1-2H3,(H,21,22)(H,24,27). The number of hydrogen-bond donors (Lipinski definition) is 3. The van der Waals surface area contributed by atoms with E-state index in [4.69, 9.17) is 16.7 Å². The summed E-state index contributed by atoms with van der Waals surface area (Å²) >= 11 is 6.32. The molecule has 0 saturated carbocycles. The van der Waals surface area contributed by atoms with Crippen LogP contribution in [0.25, 0.3) is 11.4 Å². The molecule has 0 radical (unpaired) electrons. The number of nitrogens with zero attached hydrogens (tertiary/aromatic N) is 3. The Labute approximate surface area is 162 Å². The number of carbonyl (C=O) groups excluding carboxylic acids is 1. The van der Waals surface area contributed by atoms with Gasteiger partial charge in [0.05, 0.1) is 17.2 Å². The number of benzene rings is 1. The van der Waals surface area contributed by atoms with Crippen LogP contribution in [0.5, 0.6) is 0 Å². The largest absolute Gasteiger partial charge is 0.395 e. The molecule has 2 aromatic heterocycles. The first-order valence-electron chi connectivity index (χ1n) is 8.40. The molecule has 0 unspecified atom stereocenters. The number of imidazole rings is 1. The summed E-state index contributed by atoms with van der Waals surface area (Å²) in [7, 11) is 1.91. The van der Waals surface area contributed by atoms with Crippen molar-refractivity contribution in [1.29, 1.82) is 0 Å². The maximum absolute atomic E-state index is 12.5. The SMILES string of the molecule is Cc1cnc(-c2cc(NC(=O)c3ccc(NCCO)nc3)ccc2Cl)n1C. The van der Waals surface area contributed by atoms with Crippen LogP contribution in [0.15, 0.2) is 42.7 Å². The van der Waals surface area contributed by atoms with E-state index in [1.807, 2.05) is 18.5 Å². The van der Waals surface area contributed by atoms with Gasteiger partial charge in [-0.2, -0.15) is 0 Å². The summed E-state index contributed by atoms with van der Waals surface area (Å²) in [6, 6.07) is 8.63. The molecule has 3 aromatic rings. The Morgan fingerprint density at radius 1 is 1.22 bits per heavy atom. The van der Waals surface area contributed by atoms with Crippen molar-refractivity contribution < 1.29 is 9.90 Å². The van der Waals surface area contributed by atoms with Crippen molar-refractivity contribution in [3.8, 4) is 11.4 Å². The number of rotatable bonds is 6. The molecular weight excluding hydrogens is 366 g/mol. The average Bonchev–Trinajstić information content (AvgIpc) is 3.00. The van der Waals surface area contributed by atoms with E-state index in [0.717, 1.165) is 17.1 Å². The highest BCUT2D eigenvalue weighted by atomic mass is 35.5. The molecule has 27 heavy (non-hydrogen) atoms. The number of anilines is 2. The fourth-order valence-corrected chi connectivity index (χ4v) is 2.74. The summed E-state index contributed by atoms with van der Waals surface area (Å²) in [4.78, 5) is 21.0. The minimum atomic E-state index is -0.277. The summed E-state index contributed by atoms with van der Waals surface area (Å²) in [5, 5.41) is 15.1. The van der Waals surface area contributed by atoms with Crippen LogP contribution in [-0.2, 0) is 7.05 Å². The van der Waals surface area contributed by atoms with Crippen molar-refractivity contribution >= 4 is 29.0 Å². The zero-order valence-electron chi connectivity index (χ0n) is 15.0. The lowest BCUT2D eigenvalue weighted by atomic mass is 10.1. The maximum atomic E-state index is 12.5. The van der Waals surface area contributed by atoms with Crippen LogP contribution in [0.1, 0.15) is 16.1 Å². The lowest BCUT2D eigenvalue weighted by molar-refractivity contribution is 0.102. The molecule has 0 aliphatic carbocycles. The van der Waals surface area contributed by atoms with Crippen molar-refractivity contribution in [3.05, 3.63) is 59.0 Å². The molecule has 8 heteroatoms. The van der Waals surface area contributed by atoms with Gasteiger partial charge in [-0.25, -0.2) is 9.97 Å². The Morgan fingerprint density at radius 2 is 2.04 bits per heavy atom. The predicted molar refractivity (Wildman–Crippen MR) is 106 cm³/mol. The first kappa shape index (κ1) is 18.9. The van der Waals surface area contributed by atoms with Gasteiger partial charge in [0.1, 0.15) is 11.6 Å². The highest BCUT2D eigenvalue weighted by Crippen LogP contribution is 2.30. The fraction of sp³-hybridized carbons (Fsp3) is 0.211. The first-order valence-corrected chi connectivity index (χ1v) is 8.77. The van der Waals surface area contributed by atoms with Crippen LogP contribution in [0.3, 0.4) is 0 Å². The molecule has 1 aromatic carbocycles. The number of aromatic nitrogens is 3. The Bertz CT molecular complexity index is 953. The van der Waals surface area contributed by atoms with Gasteiger partial charge in [-0.05, 0) is 37.3 Å². The highest BCUT2D eigenvalue weighted by Gasteiger charge is 2.13. The number of nitrogens with one attached hydrogen (secondary N) is 2. The van der Waals surface area contributed by atoms with Gasteiger partial charge >= 0.3 is 0 Å². The van der Waals surface area contributed by atoms with Gasteiger partial charge in [0.2, 0.25) is 0 Å². The lowest BCUT2D eigenvalue weighted by Gasteiger charge is -2.10. The van der Waals surface area contributed by atoms with E-state index < -0.39 is 0 Å². The lowest BCUT2D eigenvalue weighted by Crippen LogP contribution is -2.13. The quantitative estimate of drug-likeness (QED) is 0.606. The number of carbonyl (C=O) groups is 1. The summed E-state index contributed by atoms with van der Waals surface area (Å²) in [6.07, 6.45) is 3.25. The van der Waals surface area contributed by atoms with E-state index in [2.05, 4.69) is 20.6 Å². The molecular formula is C19H20ClN5O2. The minimum absolute atomic E-state index is 0.0122. The molecule has 0 aliphatic heterocycles. The summed E-state index contributed by atoms with van der Waals surface area (Å²) in [6.45, 7) is 2.37. The van der Waals surface area contributed by atoms with E-state index in [1.165, 1.54) is 6.20 Å². The van der Waals surface area contributed by atoms with Gasteiger partial charge in [0.15, 0.2) is 0 Å². The molecule has 2 heterocycles. The van der Waals surface area contributed by atoms with Crippen molar-refractivity contribution in [2.24, 2.45) is 7.05 Å². The monoisotopic (exact) mass is 385 g/mol. The zero-order valence-corrected chi connectivity index (χ0v) is 15.8. The normalized spacial score (nSPS) is 10.7. The molecule has 140 valence electrons. The number of amides is 1. The highest BCUT2D eigenvalue weighted by molar-refractivity contribution is 6.33. The Kier molecular flexibility index (Phi) is 5.73. The fourth-order valence-electron chi connectivity index (χ4n) is 2.54. The van der Waals surface area contributed by atoms with Crippen molar-refractivity contribution in [3.63, 3.8) is 0 Å². The van der Waals surface area contributed by atoms with Gasteiger partial charge in [-0.15, -0.1) is 0 Å². The predicted octanol–water partition coefficient (Wildman–Crippen LogP) is 3.10. The topological polar surface area (TPSA) is 92.1 Å². The third kappa shape index (κ3) is 4.27. The Morgan fingerprint density at radius 3 is 2.67 bits per heavy atom. The van der Waals surface area contributed by atoms with Gasteiger partial charge in [0.25, 0.3) is 5.91 Å². The van der Waals surface area contributed by atoms with Crippen LogP contribution in [0.2, 0.25) is 5.02 Å². The molecule has 0 atom stereocenters. The van der Waals surface area contributed by atoms with Gasteiger partial charge in [-0.1, -0.05) is 11.6 Å². The number of pyridine rings is 1. The molecule has 0 spiro atoms. The van der Waals surface area contributed by atoms with Crippen LogP contribution >= 0.6 is 11.6 Å². The molecule has 0 saturated heterocycles. The van der Waals surface area contributed by atoms with Crippen LogP contribution in [-0.4, -0.2) is 38.7 Å². The van der Waals surface area contributed by atoms with Crippen molar-refractivity contribution in [2.45, 2.75) is 6.92 Å². The van der Waals surface area contributed by atoms with Gasteiger partial charge in [-0.3, -0.25) is 4.79 Å².